The summed E-state index contributed by atoms with van der Waals surface area (Å²) in [7, 11) is 0. The first-order valence-corrected chi connectivity index (χ1v) is 6.05. The molecule has 0 aromatic heterocycles. The van der Waals surface area contributed by atoms with Gasteiger partial charge in [-0.1, -0.05) is 20.3 Å². The van der Waals surface area contributed by atoms with Crippen molar-refractivity contribution in [3.05, 3.63) is 29.8 Å². The normalized spacial score (nSPS) is 11.4. The van der Waals surface area contributed by atoms with Crippen LogP contribution in [0.1, 0.15) is 25.8 Å². The molecule has 0 saturated carbocycles. The molecule has 0 heterocycles. The lowest BCUT2D eigenvalue weighted by Gasteiger charge is -2.10. The van der Waals surface area contributed by atoms with Crippen LogP contribution in [0.3, 0.4) is 0 Å². The van der Waals surface area contributed by atoms with Crippen molar-refractivity contribution in [1.29, 1.82) is 5.26 Å². The van der Waals surface area contributed by atoms with E-state index in [1.54, 1.807) is 24.3 Å². The predicted molar refractivity (Wildman–Crippen MR) is 69.1 cm³/mol. The lowest BCUT2D eigenvalue weighted by molar-refractivity contribution is -0.123. The van der Waals surface area contributed by atoms with E-state index in [2.05, 4.69) is 19.2 Å². The monoisotopic (exact) mass is 246 g/mol. The van der Waals surface area contributed by atoms with Gasteiger partial charge in [-0.3, -0.25) is 4.79 Å². The number of ether oxygens (including phenoxy) is 1. The summed E-state index contributed by atoms with van der Waals surface area (Å²) in [6.07, 6.45) is 1.04. The standard InChI is InChI=1S/C14H18N2O2/c1-3-11(2)9-16-14(17)10-18-13-6-4-12(8-15)5-7-13/h4-7,11H,3,9-10H2,1-2H3,(H,16,17). The summed E-state index contributed by atoms with van der Waals surface area (Å²) in [6.45, 7) is 4.85. The van der Waals surface area contributed by atoms with Crippen molar-refractivity contribution in [3.8, 4) is 11.8 Å². The smallest absolute Gasteiger partial charge is 0.257 e. The fourth-order valence-electron chi connectivity index (χ4n) is 1.26. The lowest BCUT2D eigenvalue weighted by Crippen LogP contribution is -2.32. The molecule has 1 rings (SSSR count). The topological polar surface area (TPSA) is 62.1 Å². The van der Waals surface area contributed by atoms with E-state index in [0.29, 0.717) is 23.8 Å². The summed E-state index contributed by atoms with van der Waals surface area (Å²) < 4.78 is 5.31. The van der Waals surface area contributed by atoms with Crippen molar-refractivity contribution in [2.75, 3.05) is 13.2 Å². The molecule has 0 bridgehead atoms. The van der Waals surface area contributed by atoms with Crippen LogP contribution >= 0.6 is 0 Å². The van der Waals surface area contributed by atoms with Crippen LogP contribution in [-0.4, -0.2) is 19.1 Å². The van der Waals surface area contributed by atoms with Crippen LogP contribution in [0, 0.1) is 17.2 Å². The Morgan fingerprint density at radius 2 is 2.11 bits per heavy atom. The summed E-state index contributed by atoms with van der Waals surface area (Å²) >= 11 is 0. The van der Waals surface area contributed by atoms with E-state index in [1.165, 1.54) is 0 Å². The molecule has 0 radical (unpaired) electrons. The molecule has 96 valence electrons. The van der Waals surface area contributed by atoms with Crippen molar-refractivity contribution in [1.82, 2.24) is 5.32 Å². The number of carbonyl (C=O) groups is 1. The Bertz CT molecular complexity index is 420. The van der Waals surface area contributed by atoms with Gasteiger partial charge >= 0.3 is 0 Å². The average Bonchev–Trinajstić information content (AvgIpc) is 2.42. The number of nitrogens with zero attached hydrogens (tertiary/aromatic N) is 1. The zero-order chi connectivity index (χ0) is 13.4. The van der Waals surface area contributed by atoms with Gasteiger partial charge in [-0.2, -0.15) is 5.26 Å². The predicted octanol–water partition coefficient (Wildman–Crippen LogP) is 2.10. The van der Waals surface area contributed by atoms with Gasteiger partial charge in [0, 0.05) is 6.54 Å². The van der Waals surface area contributed by atoms with E-state index < -0.39 is 0 Å². The van der Waals surface area contributed by atoms with Crippen LogP contribution in [0.2, 0.25) is 0 Å². The first-order chi connectivity index (χ1) is 8.65. The highest BCUT2D eigenvalue weighted by Crippen LogP contribution is 2.11. The molecule has 0 fully saturated rings. The summed E-state index contributed by atoms with van der Waals surface area (Å²) in [5, 5.41) is 11.4. The van der Waals surface area contributed by atoms with E-state index in [4.69, 9.17) is 10.00 Å². The van der Waals surface area contributed by atoms with Gasteiger partial charge in [0.2, 0.25) is 0 Å². The third-order valence-corrected chi connectivity index (χ3v) is 2.70. The highest BCUT2D eigenvalue weighted by atomic mass is 16.5. The Morgan fingerprint density at radius 1 is 1.44 bits per heavy atom. The molecule has 1 aromatic carbocycles. The molecule has 0 aliphatic carbocycles. The minimum atomic E-state index is -0.125. The molecular formula is C14H18N2O2. The first kappa shape index (κ1) is 14.0. The molecule has 1 aromatic rings. The number of nitriles is 1. The second-order valence-electron chi connectivity index (χ2n) is 4.24. The van der Waals surface area contributed by atoms with Crippen molar-refractivity contribution in [2.24, 2.45) is 5.92 Å². The molecule has 1 amide bonds. The SMILES string of the molecule is CCC(C)CNC(=O)COc1ccc(C#N)cc1. The largest absolute Gasteiger partial charge is 0.484 e. The Labute approximate surface area is 108 Å². The molecule has 4 heteroatoms. The van der Waals surface area contributed by atoms with Gasteiger partial charge in [-0.25, -0.2) is 0 Å². The van der Waals surface area contributed by atoms with E-state index in [-0.39, 0.29) is 12.5 Å². The van der Waals surface area contributed by atoms with Crippen LogP contribution in [0.15, 0.2) is 24.3 Å². The summed E-state index contributed by atoms with van der Waals surface area (Å²) in [5.74, 6) is 0.941. The maximum atomic E-state index is 11.5. The van der Waals surface area contributed by atoms with Crippen LogP contribution in [-0.2, 0) is 4.79 Å². The minimum Gasteiger partial charge on any atom is -0.484 e. The van der Waals surface area contributed by atoms with Gasteiger partial charge < -0.3 is 10.1 Å². The summed E-state index contributed by atoms with van der Waals surface area (Å²) in [4.78, 5) is 11.5. The Hall–Kier alpha value is -2.02. The first-order valence-electron chi connectivity index (χ1n) is 6.05. The van der Waals surface area contributed by atoms with Gasteiger partial charge in [0.15, 0.2) is 6.61 Å². The molecule has 0 aliphatic rings. The molecule has 0 aliphatic heterocycles. The van der Waals surface area contributed by atoms with Gasteiger partial charge in [0.05, 0.1) is 11.6 Å². The van der Waals surface area contributed by atoms with Crippen molar-refractivity contribution in [3.63, 3.8) is 0 Å². The van der Waals surface area contributed by atoms with E-state index in [0.717, 1.165) is 6.42 Å². The molecule has 1 atom stereocenters. The van der Waals surface area contributed by atoms with Crippen molar-refractivity contribution in [2.45, 2.75) is 20.3 Å². The maximum Gasteiger partial charge on any atom is 0.257 e. The van der Waals surface area contributed by atoms with Crippen molar-refractivity contribution >= 4 is 5.91 Å². The third kappa shape index (κ3) is 4.88. The van der Waals surface area contributed by atoms with Gasteiger partial charge in [0.25, 0.3) is 5.91 Å². The summed E-state index contributed by atoms with van der Waals surface area (Å²) in [6, 6.07) is 8.70. The van der Waals surface area contributed by atoms with Crippen LogP contribution in [0.25, 0.3) is 0 Å². The van der Waals surface area contributed by atoms with E-state index in [1.807, 2.05) is 6.07 Å². The molecule has 4 nitrogen and oxygen atoms in total. The Kier molecular flexibility index (Phi) is 5.72. The van der Waals surface area contributed by atoms with E-state index >= 15 is 0 Å². The highest BCUT2D eigenvalue weighted by molar-refractivity contribution is 5.77. The number of amides is 1. The molecule has 0 spiro atoms. The molecule has 0 saturated heterocycles. The van der Waals surface area contributed by atoms with Crippen LogP contribution < -0.4 is 10.1 Å². The number of rotatable bonds is 6. The highest BCUT2D eigenvalue weighted by Gasteiger charge is 2.04. The van der Waals surface area contributed by atoms with Gasteiger partial charge in [-0.05, 0) is 30.2 Å². The summed E-state index contributed by atoms with van der Waals surface area (Å²) in [5.41, 5.74) is 0.573. The van der Waals surface area contributed by atoms with Gasteiger partial charge in [-0.15, -0.1) is 0 Å². The fraction of sp³-hybridized carbons (Fsp3) is 0.429. The number of carbonyl (C=O) groups excluding carboxylic acids is 1. The Balaban J connectivity index is 2.31. The zero-order valence-corrected chi connectivity index (χ0v) is 10.8. The fourth-order valence-corrected chi connectivity index (χ4v) is 1.26. The molecule has 1 N–H and O–H groups in total. The number of nitrogens with one attached hydrogen (secondary N) is 1. The number of benzene rings is 1. The Morgan fingerprint density at radius 3 is 2.67 bits per heavy atom. The van der Waals surface area contributed by atoms with Crippen LogP contribution in [0.4, 0.5) is 0 Å². The third-order valence-electron chi connectivity index (χ3n) is 2.70. The minimum absolute atomic E-state index is 0.00232. The van der Waals surface area contributed by atoms with E-state index in [9.17, 15) is 4.79 Å². The number of hydrogen-bond donors (Lipinski definition) is 1. The molecular weight excluding hydrogens is 228 g/mol. The zero-order valence-electron chi connectivity index (χ0n) is 10.8. The van der Waals surface area contributed by atoms with Gasteiger partial charge in [0.1, 0.15) is 5.75 Å². The second-order valence-corrected chi connectivity index (χ2v) is 4.24. The van der Waals surface area contributed by atoms with Crippen LogP contribution in [0.5, 0.6) is 5.75 Å². The quantitative estimate of drug-likeness (QED) is 0.836. The second kappa shape index (κ2) is 7.33. The molecule has 18 heavy (non-hydrogen) atoms. The molecule has 1 unspecified atom stereocenters. The van der Waals surface area contributed by atoms with Crippen molar-refractivity contribution < 1.29 is 9.53 Å². The maximum absolute atomic E-state index is 11.5. The average molecular weight is 246 g/mol. The lowest BCUT2D eigenvalue weighted by atomic mass is 10.1. The number of hydrogen-bond acceptors (Lipinski definition) is 3.